The van der Waals surface area contributed by atoms with Gasteiger partial charge in [-0.1, -0.05) is 41.9 Å². The van der Waals surface area contributed by atoms with Gasteiger partial charge in [-0.05, 0) is 35.1 Å². The number of halogens is 1. The normalized spacial score (nSPS) is 16.0. The minimum Gasteiger partial charge on any atom is -0.327 e. The third-order valence-corrected chi connectivity index (χ3v) is 6.06. The second-order valence-electron chi connectivity index (χ2n) is 6.28. The van der Waals surface area contributed by atoms with Crippen LogP contribution in [0, 0.1) is 10.1 Å². The molecule has 0 N–H and O–H groups in total. The predicted molar refractivity (Wildman–Crippen MR) is 105 cm³/mol. The summed E-state index contributed by atoms with van der Waals surface area (Å²) in [7, 11) is 0. The summed E-state index contributed by atoms with van der Waals surface area (Å²) in [6, 6.07) is 15.6. The van der Waals surface area contributed by atoms with Crippen molar-refractivity contribution in [2.45, 2.75) is 12.5 Å². The Kier molecular flexibility index (Phi) is 4.68. The fraction of sp³-hybridized carbons (Fsp3) is 0.150. The van der Waals surface area contributed by atoms with E-state index in [9.17, 15) is 14.9 Å². The minimum absolute atomic E-state index is 0.146. The Hall–Kier alpha value is -2.70. The van der Waals surface area contributed by atoms with E-state index in [4.69, 9.17) is 11.6 Å². The highest BCUT2D eigenvalue weighted by Gasteiger charge is 2.34. The lowest BCUT2D eigenvalue weighted by atomic mass is 9.92. The molecular formula is C20H15ClN2O3S. The molecule has 1 atom stereocenters. The highest BCUT2D eigenvalue weighted by molar-refractivity contribution is 7.10. The molecule has 3 aromatic rings. The summed E-state index contributed by atoms with van der Waals surface area (Å²) in [6.45, 7) is 0.533. The van der Waals surface area contributed by atoms with Gasteiger partial charge in [0.05, 0.1) is 21.6 Å². The number of hydrogen-bond donors (Lipinski definition) is 0. The third kappa shape index (κ3) is 3.22. The van der Waals surface area contributed by atoms with Crippen molar-refractivity contribution in [3.8, 4) is 0 Å². The van der Waals surface area contributed by atoms with E-state index < -0.39 is 4.92 Å². The Morgan fingerprint density at radius 2 is 1.96 bits per heavy atom. The minimum atomic E-state index is -0.519. The summed E-state index contributed by atoms with van der Waals surface area (Å²) >= 11 is 7.91. The molecule has 0 saturated carbocycles. The van der Waals surface area contributed by atoms with Crippen molar-refractivity contribution < 1.29 is 9.72 Å². The number of non-ortho nitro benzene ring substituents is 1. The van der Waals surface area contributed by atoms with Gasteiger partial charge in [0.25, 0.3) is 11.6 Å². The van der Waals surface area contributed by atoms with E-state index in [-0.39, 0.29) is 28.2 Å². The number of carbonyl (C=O) groups excluding carboxylic acids is 1. The maximum absolute atomic E-state index is 13.3. The average molecular weight is 399 g/mol. The lowest BCUT2D eigenvalue weighted by Crippen LogP contribution is -2.40. The molecular weight excluding hydrogens is 384 g/mol. The number of fused-ring (bicyclic) bond motifs is 1. The molecule has 1 aromatic heterocycles. The first kappa shape index (κ1) is 17.7. The molecule has 0 radical (unpaired) electrons. The molecule has 1 amide bonds. The highest BCUT2D eigenvalue weighted by Crippen LogP contribution is 2.39. The molecule has 0 fully saturated rings. The first-order chi connectivity index (χ1) is 13.1. The van der Waals surface area contributed by atoms with E-state index >= 15 is 0 Å². The maximum atomic E-state index is 13.3. The Labute approximate surface area is 165 Å². The molecule has 1 aliphatic rings. The largest absolute Gasteiger partial charge is 0.327 e. The van der Waals surface area contributed by atoms with Crippen LogP contribution < -0.4 is 0 Å². The van der Waals surface area contributed by atoms with Crippen molar-refractivity contribution in [1.29, 1.82) is 0 Å². The Balaban J connectivity index is 1.79. The van der Waals surface area contributed by atoms with Crippen LogP contribution in [-0.2, 0) is 6.42 Å². The molecule has 0 saturated heterocycles. The maximum Gasteiger partial charge on any atom is 0.270 e. The van der Waals surface area contributed by atoms with Crippen molar-refractivity contribution in [1.82, 2.24) is 4.90 Å². The van der Waals surface area contributed by atoms with E-state index in [1.807, 2.05) is 41.8 Å². The average Bonchev–Trinajstić information content (AvgIpc) is 3.16. The zero-order valence-electron chi connectivity index (χ0n) is 14.2. The van der Waals surface area contributed by atoms with Crippen molar-refractivity contribution in [3.05, 3.63) is 96.7 Å². The van der Waals surface area contributed by atoms with Gasteiger partial charge < -0.3 is 4.90 Å². The number of carbonyl (C=O) groups is 1. The molecule has 1 aliphatic heterocycles. The van der Waals surface area contributed by atoms with Crippen LogP contribution in [0.25, 0.3) is 0 Å². The topological polar surface area (TPSA) is 63.4 Å². The standard InChI is InChI=1S/C20H15ClN2O3S/c21-17-7-6-14(23(25)26)12-16(17)20(24)22-10-8-18-15(9-11-27-18)19(22)13-4-2-1-3-5-13/h1-7,9,11-12,19H,8,10H2. The van der Waals surface area contributed by atoms with Gasteiger partial charge in [-0.3, -0.25) is 14.9 Å². The first-order valence-corrected chi connectivity index (χ1v) is 9.68. The zero-order chi connectivity index (χ0) is 19.0. The molecule has 4 rings (SSSR count). The van der Waals surface area contributed by atoms with E-state index in [2.05, 4.69) is 0 Å². The molecule has 0 bridgehead atoms. The van der Waals surface area contributed by atoms with Gasteiger partial charge in [-0.2, -0.15) is 0 Å². The van der Waals surface area contributed by atoms with Crippen LogP contribution in [0.5, 0.6) is 0 Å². The molecule has 136 valence electrons. The molecule has 7 heteroatoms. The van der Waals surface area contributed by atoms with Crippen molar-refractivity contribution >= 4 is 34.5 Å². The van der Waals surface area contributed by atoms with Gasteiger partial charge in [0.1, 0.15) is 0 Å². The Bertz CT molecular complexity index is 1020. The van der Waals surface area contributed by atoms with Crippen LogP contribution in [0.15, 0.2) is 60.0 Å². The molecule has 27 heavy (non-hydrogen) atoms. The van der Waals surface area contributed by atoms with Crippen LogP contribution in [-0.4, -0.2) is 22.3 Å². The van der Waals surface area contributed by atoms with Crippen LogP contribution in [0.4, 0.5) is 5.69 Å². The SMILES string of the molecule is O=C(c1cc([N+](=O)[O-])ccc1Cl)N1CCc2sccc2C1c1ccccc1. The van der Waals surface area contributed by atoms with Gasteiger partial charge in [-0.25, -0.2) is 0 Å². The van der Waals surface area contributed by atoms with Gasteiger partial charge >= 0.3 is 0 Å². The quantitative estimate of drug-likeness (QED) is 0.455. The highest BCUT2D eigenvalue weighted by atomic mass is 35.5. The summed E-state index contributed by atoms with van der Waals surface area (Å²) in [5, 5.41) is 13.4. The molecule has 0 spiro atoms. The van der Waals surface area contributed by atoms with Crippen LogP contribution in [0.1, 0.15) is 32.4 Å². The summed E-state index contributed by atoms with van der Waals surface area (Å²) in [5.41, 5.74) is 2.12. The number of nitrogens with zero attached hydrogens (tertiary/aromatic N) is 2. The number of benzene rings is 2. The Morgan fingerprint density at radius 1 is 1.19 bits per heavy atom. The number of rotatable bonds is 3. The van der Waals surface area contributed by atoms with Gasteiger partial charge in [0.2, 0.25) is 0 Å². The number of nitro groups is 1. The number of amides is 1. The predicted octanol–water partition coefficient (Wildman–Crippen LogP) is 5.10. The lowest BCUT2D eigenvalue weighted by molar-refractivity contribution is -0.384. The van der Waals surface area contributed by atoms with Gasteiger partial charge in [-0.15, -0.1) is 11.3 Å². The fourth-order valence-corrected chi connectivity index (χ4v) is 4.58. The van der Waals surface area contributed by atoms with Gasteiger partial charge in [0, 0.05) is 23.6 Å². The fourth-order valence-electron chi connectivity index (χ4n) is 3.48. The van der Waals surface area contributed by atoms with Crippen LogP contribution in [0.3, 0.4) is 0 Å². The van der Waals surface area contributed by atoms with Crippen LogP contribution in [0.2, 0.25) is 5.02 Å². The van der Waals surface area contributed by atoms with Gasteiger partial charge in [0.15, 0.2) is 0 Å². The van der Waals surface area contributed by atoms with Crippen molar-refractivity contribution in [3.63, 3.8) is 0 Å². The number of thiophene rings is 1. The lowest BCUT2D eigenvalue weighted by Gasteiger charge is -2.36. The number of nitro benzene ring substituents is 1. The summed E-state index contributed by atoms with van der Waals surface area (Å²) in [5.74, 6) is -0.297. The molecule has 2 heterocycles. The van der Waals surface area contributed by atoms with E-state index in [1.54, 1.807) is 16.2 Å². The third-order valence-electron chi connectivity index (χ3n) is 4.73. The molecule has 0 aliphatic carbocycles. The second kappa shape index (κ2) is 7.13. The summed E-state index contributed by atoms with van der Waals surface area (Å²) < 4.78 is 0. The van der Waals surface area contributed by atoms with E-state index in [0.29, 0.717) is 6.54 Å². The molecule has 2 aromatic carbocycles. The van der Waals surface area contributed by atoms with E-state index in [0.717, 1.165) is 17.5 Å². The number of hydrogen-bond acceptors (Lipinski definition) is 4. The summed E-state index contributed by atoms with van der Waals surface area (Å²) in [6.07, 6.45) is 0.759. The second-order valence-corrected chi connectivity index (χ2v) is 7.69. The smallest absolute Gasteiger partial charge is 0.270 e. The van der Waals surface area contributed by atoms with Crippen LogP contribution >= 0.6 is 22.9 Å². The Morgan fingerprint density at radius 3 is 2.70 bits per heavy atom. The summed E-state index contributed by atoms with van der Waals surface area (Å²) in [4.78, 5) is 27.0. The first-order valence-electron chi connectivity index (χ1n) is 8.42. The van der Waals surface area contributed by atoms with Crippen molar-refractivity contribution in [2.24, 2.45) is 0 Å². The zero-order valence-corrected chi connectivity index (χ0v) is 15.7. The molecule has 1 unspecified atom stereocenters. The van der Waals surface area contributed by atoms with Crippen molar-refractivity contribution in [2.75, 3.05) is 6.54 Å². The van der Waals surface area contributed by atoms with E-state index in [1.165, 1.54) is 23.1 Å². The molecule has 5 nitrogen and oxygen atoms in total. The monoisotopic (exact) mass is 398 g/mol.